The summed E-state index contributed by atoms with van der Waals surface area (Å²) in [5.74, 6) is 1.72. The van der Waals surface area contributed by atoms with E-state index in [1.165, 1.54) is 24.0 Å². The molecule has 21 heavy (non-hydrogen) atoms. The van der Waals surface area contributed by atoms with Gasteiger partial charge in [-0.2, -0.15) is 0 Å². The third-order valence-electron chi connectivity index (χ3n) is 3.78. The molecule has 2 aromatic carbocycles. The molecule has 0 atom stereocenters. The van der Waals surface area contributed by atoms with Crippen molar-refractivity contribution in [1.82, 2.24) is 0 Å². The second-order valence-electron chi connectivity index (χ2n) is 6.02. The smallest absolute Gasteiger partial charge is 0.119 e. The molecular formula is C19H23NO. The first-order valence-corrected chi connectivity index (χ1v) is 7.81. The fraction of sp³-hybridized carbons (Fsp3) is 0.368. The lowest BCUT2D eigenvalue weighted by Gasteiger charge is -2.13. The predicted octanol–water partition coefficient (Wildman–Crippen LogP) is 4.96. The molecule has 0 aromatic heterocycles. The van der Waals surface area contributed by atoms with Crippen molar-refractivity contribution >= 4 is 5.69 Å². The molecule has 0 unspecified atom stereocenters. The van der Waals surface area contributed by atoms with Crippen LogP contribution in [0.1, 0.15) is 43.7 Å². The molecule has 110 valence electrons. The minimum absolute atomic E-state index is 0.217. The molecular weight excluding hydrogens is 258 g/mol. The number of hydrogen-bond acceptors (Lipinski definition) is 2. The Labute approximate surface area is 127 Å². The third-order valence-corrected chi connectivity index (χ3v) is 3.78. The van der Waals surface area contributed by atoms with Gasteiger partial charge < -0.3 is 10.1 Å². The zero-order valence-corrected chi connectivity index (χ0v) is 12.8. The zero-order valence-electron chi connectivity index (χ0n) is 12.8. The van der Waals surface area contributed by atoms with Gasteiger partial charge in [0.05, 0.1) is 6.10 Å². The average molecular weight is 281 g/mol. The van der Waals surface area contributed by atoms with Crippen LogP contribution in [0.5, 0.6) is 5.75 Å². The summed E-state index contributed by atoms with van der Waals surface area (Å²) in [5, 5.41) is 3.51. The Balaban J connectivity index is 1.62. The highest BCUT2D eigenvalue weighted by atomic mass is 16.5. The molecule has 0 spiro atoms. The Kier molecular flexibility index (Phi) is 4.14. The summed E-state index contributed by atoms with van der Waals surface area (Å²) in [4.78, 5) is 0. The topological polar surface area (TPSA) is 21.3 Å². The van der Waals surface area contributed by atoms with E-state index in [1.54, 1.807) is 0 Å². The van der Waals surface area contributed by atoms with Crippen LogP contribution in [0.15, 0.2) is 48.5 Å². The van der Waals surface area contributed by atoms with Crippen molar-refractivity contribution in [2.75, 3.05) is 5.32 Å². The molecule has 2 nitrogen and oxygen atoms in total. The van der Waals surface area contributed by atoms with Gasteiger partial charge in [-0.05, 0) is 68.0 Å². The number of anilines is 1. The van der Waals surface area contributed by atoms with Gasteiger partial charge in [-0.1, -0.05) is 24.3 Å². The Morgan fingerprint density at radius 3 is 2.43 bits per heavy atom. The van der Waals surface area contributed by atoms with E-state index in [-0.39, 0.29) is 6.10 Å². The summed E-state index contributed by atoms with van der Waals surface area (Å²) in [6.45, 7) is 4.97. The molecule has 1 N–H and O–H groups in total. The van der Waals surface area contributed by atoms with E-state index in [0.29, 0.717) is 0 Å². The summed E-state index contributed by atoms with van der Waals surface area (Å²) in [7, 11) is 0. The van der Waals surface area contributed by atoms with Gasteiger partial charge in [0.15, 0.2) is 0 Å². The lowest BCUT2D eigenvalue weighted by molar-refractivity contribution is 0.242. The Morgan fingerprint density at radius 1 is 1.05 bits per heavy atom. The van der Waals surface area contributed by atoms with Crippen molar-refractivity contribution in [2.24, 2.45) is 0 Å². The first kappa shape index (κ1) is 14.0. The van der Waals surface area contributed by atoms with Crippen molar-refractivity contribution in [2.45, 2.75) is 45.3 Å². The standard InChI is InChI=1S/C19H23NO/c1-14(2)21-18-11-9-17(10-12-18)20-13-16-5-3-4-6-19(16)15-7-8-15/h3-6,9-12,14-15,20H,7-8,13H2,1-2H3. The fourth-order valence-corrected chi connectivity index (χ4v) is 2.61. The predicted molar refractivity (Wildman–Crippen MR) is 87.9 cm³/mol. The maximum absolute atomic E-state index is 5.66. The van der Waals surface area contributed by atoms with Crippen LogP contribution in [-0.4, -0.2) is 6.10 Å². The summed E-state index contributed by atoms with van der Waals surface area (Å²) >= 11 is 0. The molecule has 1 fully saturated rings. The SMILES string of the molecule is CC(C)Oc1ccc(NCc2ccccc2C2CC2)cc1. The van der Waals surface area contributed by atoms with E-state index >= 15 is 0 Å². The summed E-state index contributed by atoms with van der Waals surface area (Å²) in [6, 6.07) is 17.0. The first-order valence-electron chi connectivity index (χ1n) is 7.81. The molecule has 0 saturated heterocycles. The quantitative estimate of drug-likeness (QED) is 0.807. The van der Waals surface area contributed by atoms with Crippen LogP contribution in [0.4, 0.5) is 5.69 Å². The lowest BCUT2D eigenvalue weighted by atomic mass is 10.0. The second-order valence-corrected chi connectivity index (χ2v) is 6.02. The minimum Gasteiger partial charge on any atom is -0.491 e. The molecule has 3 rings (SSSR count). The Bertz CT molecular complexity index is 585. The number of ether oxygens (including phenoxy) is 1. The van der Waals surface area contributed by atoms with Gasteiger partial charge in [0.2, 0.25) is 0 Å². The highest BCUT2D eigenvalue weighted by Gasteiger charge is 2.25. The summed E-state index contributed by atoms with van der Waals surface area (Å²) in [5.41, 5.74) is 4.07. The number of benzene rings is 2. The van der Waals surface area contributed by atoms with Crippen molar-refractivity contribution in [1.29, 1.82) is 0 Å². The van der Waals surface area contributed by atoms with Crippen LogP contribution in [0, 0.1) is 0 Å². The Morgan fingerprint density at radius 2 is 1.76 bits per heavy atom. The van der Waals surface area contributed by atoms with Crippen LogP contribution in [0.3, 0.4) is 0 Å². The number of nitrogens with one attached hydrogen (secondary N) is 1. The molecule has 0 aliphatic heterocycles. The van der Waals surface area contributed by atoms with Gasteiger partial charge in [0.1, 0.15) is 5.75 Å². The van der Waals surface area contributed by atoms with E-state index in [2.05, 4.69) is 41.7 Å². The molecule has 0 heterocycles. The van der Waals surface area contributed by atoms with Gasteiger partial charge in [0.25, 0.3) is 0 Å². The highest BCUT2D eigenvalue weighted by Crippen LogP contribution is 2.41. The van der Waals surface area contributed by atoms with Gasteiger partial charge >= 0.3 is 0 Å². The molecule has 1 aliphatic carbocycles. The van der Waals surface area contributed by atoms with E-state index in [9.17, 15) is 0 Å². The van der Waals surface area contributed by atoms with E-state index < -0.39 is 0 Å². The zero-order chi connectivity index (χ0) is 14.7. The number of hydrogen-bond donors (Lipinski definition) is 1. The van der Waals surface area contributed by atoms with Crippen LogP contribution < -0.4 is 10.1 Å². The molecule has 0 radical (unpaired) electrons. The molecule has 0 bridgehead atoms. The average Bonchev–Trinajstić information content (AvgIpc) is 3.31. The summed E-state index contributed by atoms with van der Waals surface area (Å²) < 4.78 is 5.66. The van der Waals surface area contributed by atoms with Crippen molar-refractivity contribution in [3.05, 3.63) is 59.7 Å². The maximum atomic E-state index is 5.66. The van der Waals surface area contributed by atoms with Gasteiger partial charge in [-0.15, -0.1) is 0 Å². The maximum Gasteiger partial charge on any atom is 0.119 e. The summed E-state index contributed by atoms with van der Waals surface area (Å²) in [6.07, 6.45) is 2.91. The van der Waals surface area contributed by atoms with Crippen molar-refractivity contribution < 1.29 is 4.74 Å². The Hall–Kier alpha value is -1.96. The van der Waals surface area contributed by atoms with Crippen LogP contribution in [-0.2, 0) is 6.54 Å². The minimum atomic E-state index is 0.217. The second kappa shape index (κ2) is 6.21. The normalized spacial score (nSPS) is 14.2. The lowest BCUT2D eigenvalue weighted by Crippen LogP contribution is -2.06. The van der Waals surface area contributed by atoms with E-state index in [0.717, 1.165) is 23.9 Å². The molecule has 0 amide bonds. The van der Waals surface area contributed by atoms with Crippen LogP contribution in [0.2, 0.25) is 0 Å². The highest BCUT2D eigenvalue weighted by molar-refractivity contribution is 5.47. The van der Waals surface area contributed by atoms with E-state index in [1.807, 2.05) is 26.0 Å². The number of rotatable bonds is 6. The van der Waals surface area contributed by atoms with Crippen molar-refractivity contribution in [3.8, 4) is 5.75 Å². The van der Waals surface area contributed by atoms with Crippen LogP contribution >= 0.6 is 0 Å². The van der Waals surface area contributed by atoms with Crippen LogP contribution in [0.25, 0.3) is 0 Å². The molecule has 1 aliphatic rings. The molecule has 2 aromatic rings. The van der Waals surface area contributed by atoms with E-state index in [4.69, 9.17) is 4.74 Å². The first-order chi connectivity index (χ1) is 10.2. The van der Waals surface area contributed by atoms with Gasteiger partial charge in [-0.25, -0.2) is 0 Å². The van der Waals surface area contributed by atoms with Gasteiger partial charge in [0, 0.05) is 12.2 Å². The van der Waals surface area contributed by atoms with Gasteiger partial charge in [-0.3, -0.25) is 0 Å². The largest absolute Gasteiger partial charge is 0.491 e. The molecule has 2 heteroatoms. The van der Waals surface area contributed by atoms with Crippen molar-refractivity contribution in [3.63, 3.8) is 0 Å². The third kappa shape index (κ3) is 3.78. The fourth-order valence-electron chi connectivity index (χ4n) is 2.61. The monoisotopic (exact) mass is 281 g/mol. The molecule has 1 saturated carbocycles.